The third-order valence-electron chi connectivity index (χ3n) is 6.30. The summed E-state index contributed by atoms with van der Waals surface area (Å²) in [5.74, 6) is -1.09. The summed E-state index contributed by atoms with van der Waals surface area (Å²) < 4.78 is 5.31. The lowest BCUT2D eigenvalue weighted by molar-refractivity contribution is -0.124. The number of aromatic nitrogens is 1. The summed E-state index contributed by atoms with van der Waals surface area (Å²) in [5.41, 5.74) is 3.56. The van der Waals surface area contributed by atoms with Gasteiger partial charge in [0.25, 0.3) is 11.7 Å². The van der Waals surface area contributed by atoms with E-state index in [-0.39, 0.29) is 6.54 Å². The largest absolute Gasteiger partial charge is 0.444 e. The first kappa shape index (κ1) is 26.2. The van der Waals surface area contributed by atoms with Gasteiger partial charge < -0.3 is 19.9 Å². The molecule has 0 saturated heterocycles. The van der Waals surface area contributed by atoms with Gasteiger partial charge in [0.1, 0.15) is 5.60 Å². The molecule has 1 aliphatic carbocycles. The molecular formula is C30H35N3O4. The SMILES string of the molecule is CC(C)(C)OC(=O)NCc1cccc(CN(C=C2CCCCC2)C(=O)C(=O)c2c[nH]c3ccccc23)c1. The molecule has 1 heterocycles. The van der Waals surface area contributed by atoms with E-state index < -0.39 is 23.4 Å². The second-order valence-electron chi connectivity index (χ2n) is 10.5. The van der Waals surface area contributed by atoms with Crippen molar-refractivity contribution in [1.29, 1.82) is 0 Å². The molecule has 194 valence electrons. The average molecular weight is 502 g/mol. The number of carbonyl (C=O) groups is 3. The van der Waals surface area contributed by atoms with Crippen molar-refractivity contribution in [1.82, 2.24) is 15.2 Å². The Morgan fingerprint density at radius 3 is 2.49 bits per heavy atom. The number of Topliss-reactive ketones (excluding diaryl/α,β-unsaturated/α-hetero) is 1. The Balaban J connectivity index is 1.53. The third-order valence-corrected chi connectivity index (χ3v) is 6.30. The van der Waals surface area contributed by atoms with Crippen LogP contribution in [0, 0.1) is 0 Å². The molecule has 37 heavy (non-hydrogen) atoms. The number of amides is 2. The Kier molecular flexibility index (Phi) is 8.11. The predicted molar refractivity (Wildman–Crippen MR) is 144 cm³/mol. The van der Waals surface area contributed by atoms with Crippen LogP contribution in [0.25, 0.3) is 10.9 Å². The van der Waals surface area contributed by atoms with Crippen molar-refractivity contribution in [2.75, 3.05) is 0 Å². The number of benzene rings is 2. The van der Waals surface area contributed by atoms with Crippen molar-refractivity contribution in [3.05, 3.63) is 83.2 Å². The van der Waals surface area contributed by atoms with Crippen LogP contribution in [0.4, 0.5) is 4.79 Å². The van der Waals surface area contributed by atoms with Crippen LogP contribution in [-0.4, -0.2) is 33.3 Å². The molecule has 0 bridgehead atoms. The van der Waals surface area contributed by atoms with Gasteiger partial charge in [-0.05, 0) is 63.6 Å². The summed E-state index contributed by atoms with van der Waals surface area (Å²) in [6.45, 7) is 6.01. The summed E-state index contributed by atoms with van der Waals surface area (Å²) in [4.78, 5) is 43.6. The van der Waals surface area contributed by atoms with Crippen LogP contribution in [-0.2, 0) is 22.6 Å². The number of fused-ring (bicyclic) bond motifs is 1. The van der Waals surface area contributed by atoms with E-state index in [0.29, 0.717) is 12.1 Å². The third kappa shape index (κ3) is 7.09. The summed E-state index contributed by atoms with van der Waals surface area (Å²) >= 11 is 0. The van der Waals surface area contributed by atoms with E-state index in [1.807, 2.05) is 75.5 Å². The van der Waals surface area contributed by atoms with Crippen LogP contribution in [0.15, 0.2) is 66.5 Å². The zero-order chi connectivity index (χ0) is 26.4. The molecular weight excluding hydrogens is 466 g/mol. The number of aromatic amines is 1. The lowest BCUT2D eigenvalue weighted by Gasteiger charge is -2.22. The van der Waals surface area contributed by atoms with Gasteiger partial charge in [0.05, 0.1) is 12.1 Å². The zero-order valence-electron chi connectivity index (χ0n) is 21.8. The number of ether oxygens (including phenoxy) is 1. The van der Waals surface area contributed by atoms with Crippen LogP contribution in [0.1, 0.15) is 74.4 Å². The topological polar surface area (TPSA) is 91.5 Å². The molecule has 0 spiro atoms. The van der Waals surface area contributed by atoms with Gasteiger partial charge >= 0.3 is 6.09 Å². The van der Waals surface area contributed by atoms with Gasteiger partial charge in [-0.3, -0.25) is 9.59 Å². The maximum absolute atomic E-state index is 13.5. The first-order valence-corrected chi connectivity index (χ1v) is 12.9. The highest BCUT2D eigenvalue weighted by atomic mass is 16.6. The highest BCUT2D eigenvalue weighted by Gasteiger charge is 2.25. The Hall–Kier alpha value is -3.87. The van der Waals surface area contributed by atoms with Crippen molar-refractivity contribution in [2.24, 2.45) is 0 Å². The fraction of sp³-hybridized carbons (Fsp3) is 0.367. The molecule has 4 rings (SSSR count). The number of allylic oxidation sites excluding steroid dienone is 1. The van der Waals surface area contributed by atoms with Gasteiger partial charge in [-0.1, -0.05) is 54.5 Å². The van der Waals surface area contributed by atoms with Crippen LogP contribution in [0.3, 0.4) is 0 Å². The fourth-order valence-electron chi connectivity index (χ4n) is 4.56. The summed E-state index contributed by atoms with van der Waals surface area (Å²) in [6.07, 6.45) is 8.24. The minimum Gasteiger partial charge on any atom is -0.444 e. The van der Waals surface area contributed by atoms with E-state index >= 15 is 0 Å². The van der Waals surface area contributed by atoms with Gasteiger partial charge in [-0.25, -0.2) is 4.79 Å². The molecule has 7 nitrogen and oxygen atoms in total. The molecule has 2 aromatic carbocycles. The Morgan fingerprint density at radius 2 is 1.73 bits per heavy atom. The number of nitrogens with zero attached hydrogens (tertiary/aromatic N) is 1. The number of hydrogen-bond donors (Lipinski definition) is 2. The monoisotopic (exact) mass is 501 g/mol. The van der Waals surface area contributed by atoms with Gasteiger partial charge in [0, 0.05) is 29.8 Å². The molecule has 1 aliphatic rings. The predicted octanol–water partition coefficient (Wildman–Crippen LogP) is 6.25. The van der Waals surface area contributed by atoms with Crippen molar-refractivity contribution in [2.45, 2.75) is 71.6 Å². The van der Waals surface area contributed by atoms with Crippen LogP contribution < -0.4 is 5.32 Å². The number of nitrogens with one attached hydrogen (secondary N) is 2. The van der Waals surface area contributed by atoms with E-state index in [1.54, 1.807) is 11.1 Å². The number of para-hydroxylation sites is 1. The Morgan fingerprint density at radius 1 is 1.00 bits per heavy atom. The number of ketones is 1. The molecule has 0 aliphatic heterocycles. The van der Waals surface area contributed by atoms with Crippen molar-refractivity contribution in [3.63, 3.8) is 0 Å². The molecule has 0 radical (unpaired) electrons. The zero-order valence-corrected chi connectivity index (χ0v) is 21.8. The molecule has 0 atom stereocenters. The molecule has 2 amide bonds. The van der Waals surface area contributed by atoms with E-state index in [1.165, 1.54) is 12.0 Å². The number of alkyl carbamates (subject to hydrolysis) is 1. The number of H-pyrrole nitrogens is 1. The summed E-state index contributed by atoms with van der Waals surface area (Å²) in [7, 11) is 0. The van der Waals surface area contributed by atoms with E-state index in [0.717, 1.165) is 47.7 Å². The Labute approximate surface area is 217 Å². The van der Waals surface area contributed by atoms with E-state index in [9.17, 15) is 14.4 Å². The molecule has 1 fully saturated rings. The van der Waals surface area contributed by atoms with E-state index in [4.69, 9.17) is 4.74 Å². The van der Waals surface area contributed by atoms with Crippen LogP contribution >= 0.6 is 0 Å². The van der Waals surface area contributed by atoms with Crippen molar-refractivity contribution in [3.8, 4) is 0 Å². The van der Waals surface area contributed by atoms with E-state index in [2.05, 4.69) is 10.3 Å². The van der Waals surface area contributed by atoms with Gasteiger partial charge in [0.2, 0.25) is 0 Å². The normalized spacial score (nSPS) is 13.8. The molecule has 0 unspecified atom stereocenters. The first-order chi connectivity index (χ1) is 17.7. The summed E-state index contributed by atoms with van der Waals surface area (Å²) in [6, 6.07) is 15.1. The fourth-order valence-corrected chi connectivity index (χ4v) is 4.56. The quantitative estimate of drug-likeness (QED) is 0.296. The second kappa shape index (κ2) is 11.5. The lowest BCUT2D eigenvalue weighted by atomic mass is 9.95. The molecule has 3 aromatic rings. The molecule has 7 heteroatoms. The molecule has 1 saturated carbocycles. The molecule has 2 N–H and O–H groups in total. The van der Waals surface area contributed by atoms with Gasteiger partial charge in [0.15, 0.2) is 0 Å². The average Bonchev–Trinajstić information content (AvgIpc) is 3.30. The Bertz CT molecular complexity index is 1310. The smallest absolute Gasteiger partial charge is 0.407 e. The molecule has 1 aromatic heterocycles. The number of carbonyl (C=O) groups excluding carboxylic acids is 3. The highest BCUT2D eigenvalue weighted by molar-refractivity contribution is 6.45. The highest BCUT2D eigenvalue weighted by Crippen LogP contribution is 2.25. The maximum atomic E-state index is 13.5. The van der Waals surface area contributed by atoms with Gasteiger partial charge in [-0.15, -0.1) is 0 Å². The summed E-state index contributed by atoms with van der Waals surface area (Å²) in [5, 5.41) is 3.50. The maximum Gasteiger partial charge on any atom is 0.407 e. The first-order valence-electron chi connectivity index (χ1n) is 12.9. The number of rotatable bonds is 7. The van der Waals surface area contributed by atoms with Crippen LogP contribution in [0.5, 0.6) is 0 Å². The standard InChI is InChI=1S/C30H35N3O4/c1-30(2,3)37-29(36)32-17-22-12-9-13-23(16-22)20-33(19-21-10-5-4-6-11-21)28(35)27(34)25-18-31-26-15-8-7-14-24(25)26/h7-9,12-16,18-19,31H,4-6,10-11,17,20H2,1-3H3,(H,32,36). The van der Waals surface area contributed by atoms with Crippen LogP contribution in [0.2, 0.25) is 0 Å². The minimum absolute atomic E-state index is 0.261. The van der Waals surface area contributed by atoms with Crippen molar-refractivity contribution >= 4 is 28.7 Å². The van der Waals surface area contributed by atoms with Crippen molar-refractivity contribution < 1.29 is 19.1 Å². The van der Waals surface area contributed by atoms with Gasteiger partial charge in [-0.2, -0.15) is 0 Å². The lowest BCUT2D eigenvalue weighted by Crippen LogP contribution is -2.33. The minimum atomic E-state index is -0.573. The number of hydrogen-bond acceptors (Lipinski definition) is 4. The second-order valence-corrected chi connectivity index (χ2v) is 10.5.